The third-order valence-corrected chi connectivity index (χ3v) is 11.4. The highest BCUT2D eigenvalue weighted by atomic mass is 32.2. The summed E-state index contributed by atoms with van der Waals surface area (Å²) in [5.74, 6) is 0.692. The molecule has 0 fully saturated rings. The Balaban J connectivity index is 1.36. The maximum absolute atomic E-state index is 5.51. The summed E-state index contributed by atoms with van der Waals surface area (Å²) in [6.45, 7) is 0. The van der Waals surface area contributed by atoms with Crippen LogP contribution in [0.5, 0.6) is 0 Å². The summed E-state index contributed by atoms with van der Waals surface area (Å²) in [6, 6.07) is 52.5. The highest BCUT2D eigenvalue weighted by Crippen LogP contribution is 2.50. The van der Waals surface area contributed by atoms with Crippen LogP contribution in [0.1, 0.15) is 16.7 Å². The van der Waals surface area contributed by atoms with Gasteiger partial charge in [-0.1, -0.05) is 133 Å². The van der Waals surface area contributed by atoms with Crippen LogP contribution in [0, 0.1) is 0 Å². The Morgan fingerprint density at radius 2 is 1.27 bits per heavy atom. The van der Waals surface area contributed by atoms with E-state index in [9.17, 15) is 0 Å². The summed E-state index contributed by atoms with van der Waals surface area (Å²) < 4.78 is 2.34. The van der Waals surface area contributed by atoms with E-state index in [-0.39, 0.29) is 0 Å². The van der Waals surface area contributed by atoms with Crippen LogP contribution in [0.25, 0.3) is 83.5 Å². The lowest BCUT2D eigenvalue weighted by molar-refractivity contribution is 1.01. The predicted molar refractivity (Wildman–Crippen MR) is 204 cm³/mol. The largest absolute Gasteiger partial charge is 0.277 e. The van der Waals surface area contributed by atoms with Crippen molar-refractivity contribution in [3.8, 4) is 28.3 Å². The summed E-state index contributed by atoms with van der Waals surface area (Å²) in [5, 5.41) is 6.06. The van der Waals surface area contributed by atoms with Crippen molar-refractivity contribution in [2.75, 3.05) is 0 Å². The minimum absolute atomic E-state index is 0.692. The van der Waals surface area contributed by atoms with Crippen LogP contribution >= 0.6 is 11.8 Å². The smallest absolute Gasteiger partial charge is 0.235 e. The van der Waals surface area contributed by atoms with Gasteiger partial charge >= 0.3 is 0 Å². The van der Waals surface area contributed by atoms with Gasteiger partial charge in [0.1, 0.15) is 0 Å². The number of para-hydroxylation sites is 1. The quantitative estimate of drug-likeness (QED) is 0.188. The van der Waals surface area contributed by atoms with E-state index < -0.39 is 0 Å². The first-order valence-electron chi connectivity index (χ1n) is 16.7. The van der Waals surface area contributed by atoms with Crippen LogP contribution in [0.4, 0.5) is 0 Å². The number of allylic oxidation sites excluding steroid dienone is 1. The van der Waals surface area contributed by atoms with Crippen molar-refractivity contribution < 1.29 is 0 Å². The monoisotopic (exact) mass is 641 g/mol. The molecule has 0 saturated heterocycles. The molecule has 3 nitrogen and oxygen atoms in total. The molecule has 7 aromatic carbocycles. The molecule has 0 amide bonds. The van der Waals surface area contributed by atoms with Gasteiger partial charge in [-0.05, 0) is 75.4 Å². The van der Waals surface area contributed by atoms with Gasteiger partial charge in [0.05, 0.1) is 22.2 Å². The van der Waals surface area contributed by atoms with Crippen LogP contribution in [0.3, 0.4) is 0 Å². The number of rotatable bonds is 2. The SMILES string of the molecule is C1=C(c2ccccc2)Cc2ccccc2-c2c1c1c(c3ccccc23)c2ccccc2n1-c1nc2c3c(cccc3n1)Sc1ccccc1-2. The second-order valence-corrected chi connectivity index (χ2v) is 14.0. The van der Waals surface area contributed by atoms with Crippen LogP contribution in [-0.2, 0) is 6.42 Å². The van der Waals surface area contributed by atoms with Crippen molar-refractivity contribution in [1.29, 1.82) is 0 Å². The number of benzene rings is 7. The van der Waals surface area contributed by atoms with Gasteiger partial charge in [0.2, 0.25) is 5.95 Å². The van der Waals surface area contributed by atoms with E-state index in [1.165, 1.54) is 64.7 Å². The number of fused-ring (bicyclic) bond motifs is 12. The van der Waals surface area contributed by atoms with Crippen LogP contribution in [-0.4, -0.2) is 14.5 Å². The van der Waals surface area contributed by atoms with Crippen molar-refractivity contribution in [1.82, 2.24) is 14.5 Å². The van der Waals surface area contributed by atoms with Crippen molar-refractivity contribution >= 4 is 66.9 Å². The lowest BCUT2D eigenvalue weighted by atomic mass is 9.89. The van der Waals surface area contributed by atoms with Gasteiger partial charge in [0.25, 0.3) is 0 Å². The molecule has 49 heavy (non-hydrogen) atoms. The zero-order valence-corrected chi connectivity index (χ0v) is 27.2. The fourth-order valence-corrected chi connectivity index (χ4v) is 9.27. The molecule has 0 unspecified atom stereocenters. The maximum Gasteiger partial charge on any atom is 0.235 e. The third kappa shape index (κ3) is 3.86. The predicted octanol–water partition coefficient (Wildman–Crippen LogP) is 11.8. The average molecular weight is 642 g/mol. The van der Waals surface area contributed by atoms with Crippen LogP contribution in [0.15, 0.2) is 155 Å². The minimum Gasteiger partial charge on any atom is -0.277 e. The maximum atomic E-state index is 5.51. The molecule has 0 radical (unpaired) electrons. The van der Waals surface area contributed by atoms with Crippen molar-refractivity contribution in [2.45, 2.75) is 16.2 Å². The Bertz CT molecular complexity index is 2880. The third-order valence-electron chi connectivity index (χ3n) is 10.2. The molecule has 0 atom stereocenters. The summed E-state index contributed by atoms with van der Waals surface area (Å²) in [6.07, 6.45) is 3.29. The first kappa shape index (κ1) is 27.0. The highest BCUT2D eigenvalue weighted by molar-refractivity contribution is 7.99. The number of nitrogens with zero attached hydrogens (tertiary/aromatic N) is 3. The van der Waals surface area contributed by atoms with Crippen LogP contribution < -0.4 is 0 Å². The number of hydrogen-bond donors (Lipinski definition) is 0. The summed E-state index contributed by atoms with van der Waals surface area (Å²) in [5.41, 5.74) is 13.0. The fraction of sp³-hybridized carbons (Fsp3) is 0.0222. The van der Waals surface area contributed by atoms with E-state index in [0.29, 0.717) is 5.95 Å². The molecule has 11 rings (SSSR count). The zero-order chi connectivity index (χ0) is 32.1. The standard InChI is InChI=1S/C45H27N3S/c1-2-13-27(14-3-1)29-25-28-15-4-5-16-30(28)40-31-17-6-7-18-32(31)41-33-19-8-10-22-37(33)48(44(41)35(40)26-29)45-46-36-21-12-24-39-42(36)43(47-45)34-20-9-11-23-38(34)49-39/h1-24,26H,25H2. The van der Waals surface area contributed by atoms with Gasteiger partial charge in [-0.3, -0.25) is 4.57 Å². The lowest BCUT2D eigenvalue weighted by Gasteiger charge is -2.20. The van der Waals surface area contributed by atoms with Crippen molar-refractivity contribution in [2.24, 2.45) is 0 Å². The fourth-order valence-electron chi connectivity index (χ4n) is 8.16. The van der Waals surface area contributed by atoms with Crippen molar-refractivity contribution in [3.05, 3.63) is 162 Å². The Morgan fingerprint density at radius 3 is 2.16 bits per heavy atom. The minimum atomic E-state index is 0.692. The first-order chi connectivity index (χ1) is 24.3. The molecule has 4 heteroatoms. The molecule has 1 aliphatic heterocycles. The van der Waals surface area contributed by atoms with Gasteiger partial charge in [0.15, 0.2) is 0 Å². The molecule has 0 N–H and O–H groups in total. The summed E-state index contributed by atoms with van der Waals surface area (Å²) in [7, 11) is 0. The molecular weight excluding hydrogens is 615 g/mol. The molecule has 0 saturated carbocycles. The Hall–Kier alpha value is -5.97. The molecule has 9 aromatic rings. The van der Waals surface area contributed by atoms with E-state index in [4.69, 9.17) is 9.97 Å². The van der Waals surface area contributed by atoms with Gasteiger partial charge in [-0.15, -0.1) is 0 Å². The van der Waals surface area contributed by atoms with E-state index in [1.807, 2.05) is 0 Å². The van der Waals surface area contributed by atoms with E-state index in [1.54, 1.807) is 11.8 Å². The second-order valence-electron chi connectivity index (χ2n) is 12.9. The molecule has 2 aromatic heterocycles. The summed E-state index contributed by atoms with van der Waals surface area (Å²) in [4.78, 5) is 13.3. The average Bonchev–Trinajstić information content (AvgIpc) is 3.40. The van der Waals surface area contributed by atoms with Gasteiger partial charge in [-0.25, -0.2) is 9.97 Å². The molecule has 1 aliphatic carbocycles. The number of aromatic nitrogens is 3. The number of hydrogen-bond acceptors (Lipinski definition) is 3. The highest BCUT2D eigenvalue weighted by Gasteiger charge is 2.28. The normalized spacial score (nSPS) is 13.3. The van der Waals surface area contributed by atoms with Gasteiger partial charge < -0.3 is 0 Å². The van der Waals surface area contributed by atoms with Crippen LogP contribution in [0.2, 0.25) is 0 Å². The molecule has 228 valence electrons. The van der Waals surface area contributed by atoms with E-state index in [2.05, 4.69) is 156 Å². The summed E-state index contributed by atoms with van der Waals surface area (Å²) >= 11 is 1.80. The second kappa shape index (κ2) is 10.3. The molecular formula is C45H27N3S. The Labute approximate surface area is 287 Å². The van der Waals surface area contributed by atoms with E-state index >= 15 is 0 Å². The zero-order valence-electron chi connectivity index (χ0n) is 26.4. The van der Waals surface area contributed by atoms with E-state index in [0.717, 1.165) is 39.6 Å². The lowest BCUT2D eigenvalue weighted by Crippen LogP contribution is -2.06. The molecule has 2 aliphatic rings. The first-order valence-corrected chi connectivity index (χ1v) is 17.5. The molecule has 0 spiro atoms. The Morgan fingerprint density at radius 1 is 0.551 bits per heavy atom. The van der Waals surface area contributed by atoms with Gasteiger partial charge in [0, 0.05) is 37.1 Å². The Kier molecular flexibility index (Phi) is 5.66. The van der Waals surface area contributed by atoms with Crippen molar-refractivity contribution in [3.63, 3.8) is 0 Å². The molecule has 0 bridgehead atoms. The topological polar surface area (TPSA) is 30.7 Å². The molecule has 3 heterocycles. The van der Waals surface area contributed by atoms with Gasteiger partial charge in [-0.2, -0.15) is 0 Å².